The molecule has 2 rings (SSSR count). The fourth-order valence-electron chi connectivity index (χ4n) is 2.18. The third-order valence-corrected chi connectivity index (χ3v) is 3.36. The van der Waals surface area contributed by atoms with Crippen LogP contribution >= 0.6 is 0 Å². The molecule has 0 saturated carbocycles. The Labute approximate surface area is 149 Å². The Balaban J connectivity index is 2.04. The first kappa shape index (κ1) is 19.0. The molecule has 9 heteroatoms. The predicted molar refractivity (Wildman–Crippen MR) is 91.2 cm³/mol. The van der Waals surface area contributed by atoms with E-state index >= 15 is 0 Å². The molecular weight excluding hydrogens is 342 g/mol. The average Bonchev–Trinajstić information content (AvgIpc) is 2.60. The lowest BCUT2D eigenvalue weighted by Crippen LogP contribution is -2.45. The molecule has 1 heterocycles. The molecule has 1 aliphatic rings. The molecule has 0 aromatic heterocycles. The van der Waals surface area contributed by atoms with Crippen molar-refractivity contribution in [2.45, 2.75) is 13.8 Å². The van der Waals surface area contributed by atoms with Crippen LogP contribution in [0.1, 0.15) is 24.2 Å². The van der Waals surface area contributed by atoms with Crippen molar-refractivity contribution in [2.24, 2.45) is 0 Å². The minimum atomic E-state index is -0.636. The third kappa shape index (κ3) is 5.07. The number of carbonyl (C=O) groups excluding carboxylic acids is 4. The maximum atomic E-state index is 12.1. The van der Waals surface area contributed by atoms with Crippen LogP contribution in [0.5, 0.6) is 0 Å². The number of esters is 2. The first-order valence-corrected chi connectivity index (χ1v) is 7.89. The number of anilines is 1. The average molecular weight is 361 g/mol. The molecule has 0 radical (unpaired) electrons. The summed E-state index contributed by atoms with van der Waals surface area (Å²) in [5, 5.41) is 7.49. The summed E-state index contributed by atoms with van der Waals surface area (Å²) in [5.74, 6) is -1.45. The van der Waals surface area contributed by atoms with E-state index < -0.39 is 18.0 Å². The van der Waals surface area contributed by atoms with Gasteiger partial charge in [-0.05, 0) is 31.2 Å². The summed E-state index contributed by atoms with van der Waals surface area (Å²) in [6.07, 6.45) is 0. The molecule has 0 fully saturated rings. The Kier molecular flexibility index (Phi) is 6.31. The molecule has 1 aromatic rings. The van der Waals surface area contributed by atoms with Gasteiger partial charge < -0.3 is 25.4 Å². The zero-order chi connectivity index (χ0) is 19.1. The van der Waals surface area contributed by atoms with Crippen molar-refractivity contribution in [1.82, 2.24) is 10.6 Å². The number of hydrogen-bond acceptors (Lipinski definition) is 6. The molecule has 3 N–H and O–H groups in total. The molecule has 26 heavy (non-hydrogen) atoms. The van der Waals surface area contributed by atoms with Crippen LogP contribution in [0, 0.1) is 0 Å². The summed E-state index contributed by atoms with van der Waals surface area (Å²) in [5.41, 5.74) is 1.18. The van der Waals surface area contributed by atoms with Crippen LogP contribution in [0.3, 0.4) is 0 Å². The van der Waals surface area contributed by atoms with E-state index in [0.717, 1.165) is 0 Å². The van der Waals surface area contributed by atoms with Gasteiger partial charge >= 0.3 is 18.0 Å². The lowest BCUT2D eigenvalue weighted by atomic mass is 10.1. The van der Waals surface area contributed by atoms with E-state index in [0.29, 0.717) is 5.69 Å². The first-order valence-electron chi connectivity index (χ1n) is 7.89. The van der Waals surface area contributed by atoms with Crippen molar-refractivity contribution < 1.29 is 28.7 Å². The Morgan fingerprint density at radius 1 is 1.12 bits per heavy atom. The molecule has 0 unspecified atom stereocenters. The summed E-state index contributed by atoms with van der Waals surface area (Å²) in [6.45, 7) is 2.93. The topological polar surface area (TPSA) is 123 Å². The number of hydrogen-bond donors (Lipinski definition) is 3. The molecule has 1 aromatic carbocycles. The summed E-state index contributed by atoms with van der Waals surface area (Å²) >= 11 is 0. The second kappa shape index (κ2) is 8.65. The second-order valence-electron chi connectivity index (χ2n) is 5.32. The van der Waals surface area contributed by atoms with Crippen molar-refractivity contribution >= 4 is 29.6 Å². The predicted octanol–water partition coefficient (Wildman–Crippen LogP) is 0.932. The normalized spacial score (nSPS) is 13.4. The molecular formula is C17H19N3O6. The lowest BCUT2D eigenvalue weighted by molar-refractivity contribution is -0.138. The summed E-state index contributed by atoms with van der Waals surface area (Å²) < 4.78 is 10.1. The fraction of sp³-hybridized carbons (Fsp3) is 0.294. The standard InChI is InChI=1S/C17H19N3O6/c1-3-25-16(23)13-8-18-17(24)20-14(13)9-26-15(22)11-4-6-12(7-5-11)19-10(2)21/h4-7H,3,8-9H2,1-2H3,(H,19,21)(H2,18,20,24). The van der Waals surface area contributed by atoms with Crippen LogP contribution in [-0.4, -0.2) is 43.6 Å². The molecule has 0 atom stereocenters. The van der Waals surface area contributed by atoms with Crippen LogP contribution in [0.2, 0.25) is 0 Å². The van der Waals surface area contributed by atoms with Gasteiger partial charge in [0.1, 0.15) is 6.61 Å². The van der Waals surface area contributed by atoms with Crippen LogP contribution in [0.4, 0.5) is 10.5 Å². The van der Waals surface area contributed by atoms with Gasteiger partial charge in [0.05, 0.1) is 30.0 Å². The highest BCUT2D eigenvalue weighted by Crippen LogP contribution is 2.13. The largest absolute Gasteiger partial charge is 0.463 e. The van der Waals surface area contributed by atoms with Gasteiger partial charge in [0.15, 0.2) is 0 Å². The fourth-order valence-corrected chi connectivity index (χ4v) is 2.18. The first-order chi connectivity index (χ1) is 12.4. The van der Waals surface area contributed by atoms with E-state index in [1.165, 1.54) is 19.1 Å². The maximum Gasteiger partial charge on any atom is 0.338 e. The highest BCUT2D eigenvalue weighted by molar-refractivity contribution is 5.94. The number of ether oxygens (including phenoxy) is 2. The number of amides is 3. The minimum absolute atomic E-state index is 0.0109. The molecule has 1 aliphatic heterocycles. The summed E-state index contributed by atoms with van der Waals surface area (Å²) in [4.78, 5) is 46.5. The number of rotatable bonds is 6. The minimum Gasteiger partial charge on any atom is -0.463 e. The van der Waals surface area contributed by atoms with Crippen LogP contribution < -0.4 is 16.0 Å². The molecule has 0 saturated heterocycles. The van der Waals surface area contributed by atoms with Gasteiger partial charge in [-0.25, -0.2) is 14.4 Å². The van der Waals surface area contributed by atoms with Crippen molar-refractivity contribution in [3.05, 3.63) is 41.1 Å². The van der Waals surface area contributed by atoms with Gasteiger partial charge in [-0.15, -0.1) is 0 Å². The quantitative estimate of drug-likeness (QED) is 0.648. The number of urea groups is 1. The van der Waals surface area contributed by atoms with E-state index in [1.807, 2.05) is 0 Å². The van der Waals surface area contributed by atoms with Crippen molar-refractivity contribution in [1.29, 1.82) is 0 Å². The highest BCUT2D eigenvalue weighted by Gasteiger charge is 2.24. The number of carbonyl (C=O) groups is 4. The Bertz CT molecular complexity index is 754. The summed E-state index contributed by atoms with van der Waals surface area (Å²) in [6, 6.07) is 5.62. The van der Waals surface area contributed by atoms with Gasteiger partial charge in [0, 0.05) is 12.6 Å². The Morgan fingerprint density at radius 3 is 2.42 bits per heavy atom. The van der Waals surface area contributed by atoms with Gasteiger partial charge in [0.25, 0.3) is 0 Å². The van der Waals surface area contributed by atoms with Gasteiger partial charge in [0.2, 0.25) is 5.91 Å². The smallest absolute Gasteiger partial charge is 0.338 e. The molecule has 0 aliphatic carbocycles. The summed E-state index contributed by atoms with van der Waals surface area (Å²) in [7, 11) is 0. The van der Waals surface area contributed by atoms with Crippen LogP contribution in [-0.2, 0) is 19.1 Å². The van der Waals surface area contributed by atoms with Gasteiger partial charge in [-0.1, -0.05) is 0 Å². The van der Waals surface area contributed by atoms with Gasteiger partial charge in [-0.3, -0.25) is 4.79 Å². The highest BCUT2D eigenvalue weighted by atomic mass is 16.5. The van der Waals surface area contributed by atoms with E-state index in [-0.39, 0.29) is 42.5 Å². The molecule has 0 spiro atoms. The number of benzene rings is 1. The van der Waals surface area contributed by atoms with Crippen molar-refractivity contribution in [2.75, 3.05) is 25.1 Å². The SMILES string of the molecule is CCOC(=O)C1=C(COC(=O)c2ccc(NC(C)=O)cc2)NC(=O)NC1. The van der Waals surface area contributed by atoms with E-state index in [1.54, 1.807) is 19.1 Å². The Morgan fingerprint density at radius 2 is 1.81 bits per heavy atom. The van der Waals surface area contributed by atoms with Crippen LogP contribution in [0.25, 0.3) is 0 Å². The van der Waals surface area contributed by atoms with Gasteiger partial charge in [-0.2, -0.15) is 0 Å². The monoisotopic (exact) mass is 361 g/mol. The number of nitrogens with one attached hydrogen (secondary N) is 3. The van der Waals surface area contributed by atoms with Crippen molar-refractivity contribution in [3.63, 3.8) is 0 Å². The third-order valence-electron chi connectivity index (χ3n) is 3.36. The molecule has 9 nitrogen and oxygen atoms in total. The molecule has 0 bridgehead atoms. The van der Waals surface area contributed by atoms with E-state index in [2.05, 4.69) is 16.0 Å². The molecule has 138 valence electrons. The second-order valence-corrected chi connectivity index (χ2v) is 5.32. The van der Waals surface area contributed by atoms with E-state index in [4.69, 9.17) is 9.47 Å². The lowest BCUT2D eigenvalue weighted by Gasteiger charge is -2.21. The van der Waals surface area contributed by atoms with Crippen LogP contribution in [0.15, 0.2) is 35.5 Å². The zero-order valence-electron chi connectivity index (χ0n) is 14.4. The maximum absolute atomic E-state index is 12.1. The Hall–Kier alpha value is -3.36. The van der Waals surface area contributed by atoms with E-state index in [9.17, 15) is 19.2 Å². The zero-order valence-corrected chi connectivity index (χ0v) is 14.4. The molecule has 3 amide bonds. The van der Waals surface area contributed by atoms with Crippen molar-refractivity contribution in [3.8, 4) is 0 Å².